The van der Waals surface area contributed by atoms with E-state index in [1.165, 1.54) is 18.4 Å². The van der Waals surface area contributed by atoms with Crippen molar-refractivity contribution in [2.24, 2.45) is 0 Å². The van der Waals surface area contributed by atoms with Gasteiger partial charge in [-0.2, -0.15) is 0 Å². The van der Waals surface area contributed by atoms with Crippen LogP contribution in [0.4, 0.5) is 0 Å². The Morgan fingerprint density at radius 3 is 2.48 bits per heavy atom. The van der Waals surface area contributed by atoms with E-state index in [9.17, 15) is 4.79 Å². The summed E-state index contributed by atoms with van der Waals surface area (Å²) in [7, 11) is 0. The summed E-state index contributed by atoms with van der Waals surface area (Å²) in [5, 5.41) is 12.7. The van der Waals surface area contributed by atoms with Crippen molar-refractivity contribution in [1.82, 2.24) is 10.2 Å². The van der Waals surface area contributed by atoms with E-state index >= 15 is 0 Å². The maximum absolute atomic E-state index is 10.9. The van der Waals surface area contributed by atoms with E-state index < -0.39 is 5.97 Å². The van der Waals surface area contributed by atoms with Crippen LogP contribution >= 0.6 is 0 Å². The minimum atomic E-state index is -0.721. The molecule has 2 fully saturated rings. The molecular formula is C19H28N2O2. The molecule has 2 aliphatic rings. The van der Waals surface area contributed by atoms with Crippen LogP contribution in [0.25, 0.3) is 0 Å². The average Bonchev–Trinajstić information content (AvgIpc) is 2.47. The summed E-state index contributed by atoms with van der Waals surface area (Å²) < 4.78 is 0. The largest absolute Gasteiger partial charge is 0.480 e. The van der Waals surface area contributed by atoms with Gasteiger partial charge in [0.1, 0.15) is 0 Å². The number of nitrogens with one attached hydrogen (secondary N) is 1. The zero-order valence-electron chi connectivity index (χ0n) is 14.2. The van der Waals surface area contributed by atoms with Gasteiger partial charge in [-0.15, -0.1) is 0 Å². The topological polar surface area (TPSA) is 52.6 Å². The van der Waals surface area contributed by atoms with Crippen LogP contribution in [0.2, 0.25) is 0 Å². The van der Waals surface area contributed by atoms with Crippen LogP contribution < -0.4 is 5.32 Å². The number of aliphatic carboxylic acids is 1. The first kappa shape index (κ1) is 16.5. The smallest absolute Gasteiger partial charge is 0.317 e. The van der Waals surface area contributed by atoms with Crippen molar-refractivity contribution in [2.75, 3.05) is 13.1 Å². The standard InChI is InChI=1S/C19H28N2O2/c1-3-21(13-18(22)23)17-9-15(10-17)20-16-11-19(2,12-16)14-7-5-4-6-8-14/h4-8,15-17,20H,3,9-13H2,1-2H3,(H,22,23). The molecule has 0 spiro atoms. The van der Waals surface area contributed by atoms with Crippen LogP contribution in [0.15, 0.2) is 30.3 Å². The van der Waals surface area contributed by atoms with E-state index in [4.69, 9.17) is 5.11 Å². The van der Waals surface area contributed by atoms with Crippen molar-refractivity contribution in [3.8, 4) is 0 Å². The molecule has 2 saturated carbocycles. The van der Waals surface area contributed by atoms with E-state index in [1.54, 1.807) is 0 Å². The zero-order valence-corrected chi connectivity index (χ0v) is 14.2. The van der Waals surface area contributed by atoms with Crippen LogP contribution in [0, 0.1) is 0 Å². The molecule has 4 nitrogen and oxygen atoms in total. The molecule has 1 aromatic carbocycles. The van der Waals surface area contributed by atoms with E-state index in [2.05, 4.69) is 47.5 Å². The van der Waals surface area contributed by atoms with Gasteiger partial charge in [0.15, 0.2) is 0 Å². The monoisotopic (exact) mass is 316 g/mol. The first-order valence-electron chi connectivity index (χ1n) is 8.77. The van der Waals surface area contributed by atoms with Crippen molar-refractivity contribution in [1.29, 1.82) is 0 Å². The van der Waals surface area contributed by atoms with Gasteiger partial charge in [0.2, 0.25) is 0 Å². The fourth-order valence-corrected chi connectivity index (χ4v) is 4.25. The van der Waals surface area contributed by atoms with Gasteiger partial charge in [0.25, 0.3) is 0 Å². The average molecular weight is 316 g/mol. The Kier molecular flexibility index (Phi) is 4.74. The molecule has 23 heavy (non-hydrogen) atoms. The van der Waals surface area contributed by atoms with Crippen LogP contribution in [0.1, 0.15) is 45.1 Å². The zero-order chi connectivity index (χ0) is 16.4. The van der Waals surface area contributed by atoms with E-state index in [0.29, 0.717) is 23.5 Å². The molecular weight excluding hydrogens is 288 g/mol. The van der Waals surface area contributed by atoms with E-state index in [0.717, 1.165) is 19.4 Å². The summed E-state index contributed by atoms with van der Waals surface area (Å²) in [6, 6.07) is 12.4. The first-order valence-corrected chi connectivity index (χ1v) is 8.77. The first-order chi connectivity index (χ1) is 11.0. The lowest BCUT2D eigenvalue weighted by molar-refractivity contribution is -0.139. The highest BCUT2D eigenvalue weighted by Gasteiger charge is 2.44. The molecule has 0 atom stereocenters. The minimum absolute atomic E-state index is 0.170. The summed E-state index contributed by atoms with van der Waals surface area (Å²) in [6.07, 6.45) is 4.56. The lowest BCUT2D eigenvalue weighted by Gasteiger charge is -2.50. The second-order valence-corrected chi connectivity index (χ2v) is 7.48. The normalized spacial score (nSPS) is 33.1. The number of likely N-dealkylation sites (N-methyl/N-ethyl adjacent to an activating group) is 1. The molecule has 0 heterocycles. The lowest BCUT2D eigenvalue weighted by atomic mass is 9.62. The molecule has 126 valence electrons. The van der Waals surface area contributed by atoms with Crippen LogP contribution in [0.5, 0.6) is 0 Å². The van der Waals surface area contributed by atoms with Crippen molar-refractivity contribution < 1.29 is 9.90 Å². The molecule has 2 aliphatic carbocycles. The second kappa shape index (κ2) is 6.62. The highest BCUT2D eigenvalue weighted by Crippen LogP contribution is 2.44. The summed E-state index contributed by atoms with van der Waals surface area (Å²) in [6.45, 7) is 5.39. The van der Waals surface area contributed by atoms with E-state index in [1.807, 2.05) is 6.92 Å². The summed E-state index contributed by atoms with van der Waals surface area (Å²) in [4.78, 5) is 13.0. The molecule has 2 N–H and O–H groups in total. The SMILES string of the molecule is CCN(CC(=O)O)C1CC(NC2CC(C)(c3ccccc3)C2)C1. The quantitative estimate of drug-likeness (QED) is 0.812. The molecule has 0 aliphatic heterocycles. The molecule has 3 rings (SSSR count). The summed E-state index contributed by atoms with van der Waals surface area (Å²) in [5.41, 5.74) is 1.77. The maximum atomic E-state index is 10.9. The van der Waals surface area contributed by atoms with Crippen molar-refractivity contribution >= 4 is 5.97 Å². The van der Waals surface area contributed by atoms with Gasteiger partial charge in [-0.05, 0) is 43.2 Å². The Morgan fingerprint density at radius 2 is 1.91 bits per heavy atom. The number of nitrogens with zero attached hydrogens (tertiary/aromatic N) is 1. The molecule has 0 bridgehead atoms. The highest BCUT2D eigenvalue weighted by atomic mass is 16.4. The third kappa shape index (κ3) is 3.59. The second-order valence-electron chi connectivity index (χ2n) is 7.48. The molecule has 4 heteroatoms. The Morgan fingerprint density at radius 1 is 1.26 bits per heavy atom. The fourth-order valence-electron chi connectivity index (χ4n) is 4.25. The summed E-state index contributed by atoms with van der Waals surface area (Å²) >= 11 is 0. The number of carboxylic acids is 1. The molecule has 0 saturated heterocycles. The van der Waals surface area contributed by atoms with Crippen molar-refractivity contribution in [2.45, 2.75) is 63.1 Å². The fraction of sp³-hybridized carbons (Fsp3) is 0.632. The van der Waals surface area contributed by atoms with Crippen LogP contribution in [0.3, 0.4) is 0 Å². The third-order valence-electron chi connectivity index (χ3n) is 5.71. The Balaban J connectivity index is 1.41. The molecule has 1 aromatic rings. The van der Waals surface area contributed by atoms with Crippen LogP contribution in [-0.4, -0.2) is 47.2 Å². The number of benzene rings is 1. The molecule has 0 amide bonds. The van der Waals surface area contributed by atoms with E-state index in [-0.39, 0.29) is 6.54 Å². The Labute approximate surface area is 138 Å². The number of carbonyl (C=O) groups is 1. The molecule has 0 unspecified atom stereocenters. The Bertz CT molecular complexity index is 534. The van der Waals surface area contributed by atoms with Gasteiger partial charge in [-0.3, -0.25) is 9.69 Å². The lowest BCUT2D eigenvalue weighted by Crippen LogP contribution is -2.59. The van der Waals surface area contributed by atoms with Gasteiger partial charge >= 0.3 is 5.97 Å². The predicted molar refractivity (Wildman–Crippen MR) is 91.6 cm³/mol. The number of hydrogen-bond acceptors (Lipinski definition) is 3. The number of rotatable bonds is 7. The van der Waals surface area contributed by atoms with Crippen LogP contribution in [-0.2, 0) is 10.2 Å². The number of carboxylic acid groups (broad SMARTS) is 1. The van der Waals surface area contributed by atoms with Gasteiger partial charge in [-0.1, -0.05) is 44.2 Å². The third-order valence-corrected chi connectivity index (χ3v) is 5.71. The predicted octanol–water partition coefficient (Wildman–Crippen LogP) is 2.63. The highest BCUT2D eigenvalue weighted by molar-refractivity contribution is 5.69. The molecule has 0 aromatic heterocycles. The summed E-state index contributed by atoms with van der Waals surface area (Å²) in [5.74, 6) is -0.721. The van der Waals surface area contributed by atoms with Gasteiger partial charge < -0.3 is 10.4 Å². The van der Waals surface area contributed by atoms with Gasteiger partial charge in [0, 0.05) is 18.1 Å². The molecule has 0 radical (unpaired) electrons. The minimum Gasteiger partial charge on any atom is -0.480 e. The Hall–Kier alpha value is -1.39. The van der Waals surface area contributed by atoms with Crippen molar-refractivity contribution in [3.05, 3.63) is 35.9 Å². The van der Waals surface area contributed by atoms with Gasteiger partial charge in [-0.25, -0.2) is 0 Å². The number of hydrogen-bond donors (Lipinski definition) is 2. The van der Waals surface area contributed by atoms with Crippen molar-refractivity contribution in [3.63, 3.8) is 0 Å². The maximum Gasteiger partial charge on any atom is 0.317 e. The van der Waals surface area contributed by atoms with Gasteiger partial charge in [0.05, 0.1) is 6.54 Å².